The van der Waals surface area contributed by atoms with Crippen LogP contribution in [0.25, 0.3) is 5.76 Å². The number of nitro benzene ring substituents is 1. The number of nitro groups is 1. The molecule has 0 aromatic heterocycles. The van der Waals surface area contributed by atoms with E-state index >= 15 is 0 Å². The largest absolute Gasteiger partial charge is 0.506 e. The molecule has 0 saturated carbocycles. The van der Waals surface area contributed by atoms with Crippen LogP contribution < -0.4 is 9.47 Å². The minimum absolute atomic E-state index is 0.0743. The third-order valence-corrected chi connectivity index (χ3v) is 5.18. The lowest BCUT2D eigenvalue weighted by atomic mass is 9.94. The van der Waals surface area contributed by atoms with Gasteiger partial charge in [0.25, 0.3) is 11.7 Å². The summed E-state index contributed by atoms with van der Waals surface area (Å²) in [6.45, 7) is 1.97. The van der Waals surface area contributed by atoms with Crippen molar-refractivity contribution in [2.75, 3.05) is 20.8 Å². The molecule has 1 atom stereocenters. The average molecular weight is 442 g/mol. The second-order valence-corrected chi connectivity index (χ2v) is 7.04. The van der Waals surface area contributed by atoms with Crippen molar-refractivity contribution in [2.24, 2.45) is 0 Å². The van der Waals surface area contributed by atoms with E-state index in [-0.39, 0.29) is 34.7 Å². The summed E-state index contributed by atoms with van der Waals surface area (Å²) in [5.41, 5.74) is -0.575. The van der Waals surface area contributed by atoms with Crippen LogP contribution in [0.15, 0.2) is 42.0 Å². The highest BCUT2D eigenvalue weighted by molar-refractivity contribution is 6.46. The standard InChI is InChI=1S/C22H22N2O8/c1-4-10-23-19(12-8-9-14(25)13(11-12)24(29)30)18(21(27)22(23)28)20(26)17-15(31-2)6-5-7-16(17)32-3/h5-9,11,19,25-26H,4,10H2,1-3H3/b20-18+. The van der Waals surface area contributed by atoms with Crippen molar-refractivity contribution in [1.29, 1.82) is 0 Å². The molecule has 1 aliphatic rings. The number of rotatable bonds is 7. The Morgan fingerprint density at radius 2 is 1.78 bits per heavy atom. The number of likely N-dealkylation sites (tertiary alicyclic amines) is 1. The number of aliphatic hydroxyl groups is 1. The molecule has 0 spiro atoms. The third-order valence-electron chi connectivity index (χ3n) is 5.18. The molecule has 3 rings (SSSR count). The Bertz CT molecular complexity index is 1100. The lowest BCUT2D eigenvalue weighted by Gasteiger charge is -2.25. The highest BCUT2D eigenvalue weighted by atomic mass is 16.6. The Morgan fingerprint density at radius 1 is 1.16 bits per heavy atom. The fourth-order valence-corrected chi connectivity index (χ4v) is 3.77. The molecule has 1 aliphatic heterocycles. The summed E-state index contributed by atoms with van der Waals surface area (Å²) < 4.78 is 10.6. The first kappa shape index (κ1) is 22.6. The van der Waals surface area contributed by atoms with Crippen LogP contribution in [0.5, 0.6) is 17.2 Å². The first-order valence-electron chi connectivity index (χ1n) is 9.73. The number of hydrogen-bond acceptors (Lipinski definition) is 8. The van der Waals surface area contributed by atoms with Crippen molar-refractivity contribution in [2.45, 2.75) is 19.4 Å². The van der Waals surface area contributed by atoms with Crippen molar-refractivity contribution in [3.8, 4) is 17.2 Å². The Hall–Kier alpha value is -4.08. The number of hydrogen-bond donors (Lipinski definition) is 2. The number of aromatic hydroxyl groups is 1. The van der Waals surface area contributed by atoms with E-state index in [1.54, 1.807) is 25.1 Å². The van der Waals surface area contributed by atoms with E-state index in [9.17, 15) is 29.9 Å². The number of ether oxygens (including phenoxy) is 2. The molecule has 1 fully saturated rings. The molecule has 0 bridgehead atoms. The highest BCUT2D eigenvalue weighted by Gasteiger charge is 2.46. The van der Waals surface area contributed by atoms with Crippen LogP contribution in [-0.4, -0.2) is 52.5 Å². The first-order chi connectivity index (χ1) is 15.3. The number of nitrogens with zero attached hydrogens (tertiary/aromatic N) is 2. The van der Waals surface area contributed by atoms with Gasteiger partial charge in [0.15, 0.2) is 5.75 Å². The Morgan fingerprint density at radius 3 is 2.31 bits per heavy atom. The number of benzene rings is 2. The molecule has 0 radical (unpaired) electrons. The molecule has 0 aliphatic carbocycles. The Labute approximate surface area is 183 Å². The van der Waals surface area contributed by atoms with Crippen LogP contribution in [0.1, 0.15) is 30.5 Å². The topological polar surface area (TPSA) is 139 Å². The van der Waals surface area contributed by atoms with E-state index < -0.39 is 39.9 Å². The summed E-state index contributed by atoms with van der Waals surface area (Å²) in [5.74, 6) is -2.46. The van der Waals surface area contributed by atoms with Crippen LogP contribution in [0.2, 0.25) is 0 Å². The molecule has 1 amide bonds. The summed E-state index contributed by atoms with van der Waals surface area (Å²) in [5, 5.41) is 32.4. The molecular weight excluding hydrogens is 420 g/mol. The number of carbonyl (C=O) groups excluding carboxylic acids is 2. The van der Waals surface area contributed by atoms with Gasteiger partial charge < -0.3 is 24.6 Å². The van der Waals surface area contributed by atoms with Crippen molar-refractivity contribution in [3.05, 3.63) is 63.2 Å². The van der Waals surface area contributed by atoms with E-state index in [0.717, 1.165) is 12.1 Å². The van der Waals surface area contributed by atoms with Crippen molar-refractivity contribution in [3.63, 3.8) is 0 Å². The molecule has 168 valence electrons. The number of ketones is 1. The second-order valence-electron chi connectivity index (χ2n) is 7.04. The Balaban J connectivity index is 2.33. The fourth-order valence-electron chi connectivity index (χ4n) is 3.77. The van der Waals surface area contributed by atoms with Gasteiger partial charge >= 0.3 is 5.69 Å². The number of amides is 1. The SMILES string of the molecule is CCCN1C(=O)C(=O)/C(=C(/O)c2c(OC)cccc2OC)C1c1ccc(O)c([N+](=O)[O-])c1. The lowest BCUT2D eigenvalue weighted by Crippen LogP contribution is -2.30. The van der Waals surface area contributed by atoms with Crippen molar-refractivity contribution < 1.29 is 34.2 Å². The summed E-state index contributed by atoms with van der Waals surface area (Å²) in [7, 11) is 2.75. The summed E-state index contributed by atoms with van der Waals surface area (Å²) in [6.07, 6.45) is 0.502. The van der Waals surface area contributed by atoms with Gasteiger partial charge in [-0.2, -0.15) is 0 Å². The molecule has 2 aromatic carbocycles. The monoisotopic (exact) mass is 442 g/mol. The van der Waals surface area contributed by atoms with Gasteiger partial charge in [0.05, 0.1) is 30.8 Å². The zero-order valence-electron chi connectivity index (χ0n) is 17.7. The minimum atomic E-state index is -1.11. The van der Waals surface area contributed by atoms with Gasteiger partial charge in [-0.25, -0.2) is 0 Å². The number of aliphatic hydroxyl groups excluding tert-OH is 1. The summed E-state index contributed by atoms with van der Waals surface area (Å²) in [4.78, 5) is 37.6. The molecule has 10 heteroatoms. The van der Waals surface area contributed by atoms with Gasteiger partial charge in [-0.3, -0.25) is 19.7 Å². The number of phenolic OH excluding ortho intramolecular Hbond substituents is 1. The predicted octanol–water partition coefficient (Wildman–Crippen LogP) is 3.15. The zero-order chi connectivity index (χ0) is 23.6. The van der Waals surface area contributed by atoms with Crippen LogP contribution >= 0.6 is 0 Å². The molecule has 1 heterocycles. The maximum Gasteiger partial charge on any atom is 0.311 e. The first-order valence-corrected chi connectivity index (χ1v) is 9.73. The zero-order valence-corrected chi connectivity index (χ0v) is 17.7. The smallest absolute Gasteiger partial charge is 0.311 e. The molecule has 2 aromatic rings. The van der Waals surface area contributed by atoms with E-state index in [1.165, 1.54) is 25.2 Å². The third kappa shape index (κ3) is 3.70. The van der Waals surface area contributed by atoms with Gasteiger partial charge in [0.2, 0.25) is 0 Å². The molecule has 1 saturated heterocycles. The maximum absolute atomic E-state index is 13.0. The molecule has 2 N–H and O–H groups in total. The van der Waals surface area contributed by atoms with Crippen molar-refractivity contribution in [1.82, 2.24) is 4.90 Å². The van der Waals surface area contributed by atoms with Gasteiger partial charge in [0, 0.05) is 12.6 Å². The van der Waals surface area contributed by atoms with Crippen molar-refractivity contribution >= 4 is 23.1 Å². The van der Waals surface area contributed by atoms with E-state index in [0.29, 0.717) is 6.42 Å². The summed E-state index contributed by atoms with van der Waals surface area (Å²) >= 11 is 0. The normalized spacial score (nSPS) is 17.5. The number of Topliss-reactive ketones (excluding diaryl/α,β-unsaturated/α-hetero) is 1. The molecular formula is C22H22N2O8. The minimum Gasteiger partial charge on any atom is -0.506 e. The van der Waals surface area contributed by atoms with Gasteiger partial charge in [-0.15, -0.1) is 0 Å². The molecule has 1 unspecified atom stereocenters. The van der Waals surface area contributed by atoms with Crippen LogP contribution in [0, 0.1) is 10.1 Å². The Kier molecular flexibility index (Phi) is 6.33. The van der Waals surface area contributed by atoms with Gasteiger partial charge in [0.1, 0.15) is 22.8 Å². The van der Waals surface area contributed by atoms with E-state index in [1.807, 2.05) is 0 Å². The fraction of sp³-hybridized carbons (Fsp3) is 0.273. The predicted molar refractivity (Wildman–Crippen MR) is 114 cm³/mol. The number of carbonyl (C=O) groups is 2. The molecule has 32 heavy (non-hydrogen) atoms. The van der Waals surface area contributed by atoms with Crippen LogP contribution in [0.3, 0.4) is 0 Å². The van der Waals surface area contributed by atoms with Crippen LogP contribution in [-0.2, 0) is 9.59 Å². The summed E-state index contributed by atoms with van der Waals surface area (Å²) in [6, 6.07) is 7.20. The average Bonchev–Trinajstić information content (AvgIpc) is 3.03. The van der Waals surface area contributed by atoms with E-state index in [4.69, 9.17) is 9.47 Å². The van der Waals surface area contributed by atoms with E-state index in [2.05, 4.69) is 0 Å². The number of phenols is 1. The van der Waals surface area contributed by atoms with Gasteiger partial charge in [-0.1, -0.05) is 19.1 Å². The maximum atomic E-state index is 13.0. The quantitative estimate of drug-likeness (QED) is 0.219. The van der Waals surface area contributed by atoms with Gasteiger partial charge in [-0.05, 0) is 30.2 Å². The number of methoxy groups -OCH3 is 2. The van der Waals surface area contributed by atoms with Crippen LogP contribution in [0.4, 0.5) is 5.69 Å². The lowest BCUT2D eigenvalue weighted by molar-refractivity contribution is -0.385. The molecule has 10 nitrogen and oxygen atoms in total. The highest BCUT2D eigenvalue weighted by Crippen LogP contribution is 2.44. The second kappa shape index (κ2) is 8.96.